The van der Waals surface area contributed by atoms with E-state index < -0.39 is 23.0 Å². The quantitative estimate of drug-likeness (QED) is 0.262. The molecule has 4 nitrogen and oxygen atoms in total. The van der Waals surface area contributed by atoms with Crippen LogP contribution in [0.1, 0.15) is 22.3 Å². The molecule has 2 aliphatic carbocycles. The smallest absolute Gasteiger partial charge is 0.195 e. The van der Waals surface area contributed by atoms with Gasteiger partial charge in [-0.2, -0.15) is 15.8 Å². The Morgan fingerprint density at radius 1 is 0.818 bits per heavy atom. The van der Waals surface area contributed by atoms with Crippen LogP contribution in [0.4, 0.5) is 13.2 Å². The van der Waals surface area contributed by atoms with Crippen LogP contribution in [0.15, 0.2) is 65.9 Å². The summed E-state index contributed by atoms with van der Waals surface area (Å²) in [5, 5.41) is 28.8. The molecule has 0 saturated heterocycles. The van der Waals surface area contributed by atoms with Crippen molar-refractivity contribution in [3.8, 4) is 29.5 Å². The summed E-state index contributed by atoms with van der Waals surface area (Å²) in [7, 11) is 0. The lowest BCUT2D eigenvalue weighted by atomic mass is 9.89. The molecule has 0 spiro atoms. The first-order valence-electron chi connectivity index (χ1n) is 9.66. The minimum atomic E-state index is -1.70. The van der Waals surface area contributed by atoms with E-state index in [1.165, 1.54) is 0 Å². The highest BCUT2D eigenvalue weighted by Crippen LogP contribution is 2.55. The van der Waals surface area contributed by atoms with Crippen molar-refractivity contribution in [2.45, 2.75) is 0 Å². The third kappa shape index (κ3) is 2.65. The fraction of sp³-hybridized carbons (Fsp3) is 0. The Labute approximate surface area is 186 Å². The topological polar surface area (TPSA) is 84.3 Å². The van der Waals surface area contributed by atoms with Crippen molar-refractivity contribution in [1.82, 2.24) is 4.98 Å². The molecule has 0 unspecified atom stereocenters. The van der Waals surface area contributed by atoms with Crippen LogP contribution in [0.2, 0.25) is 0 Å². The number of hydrogen-bond acceptors (Lipinski definition) is 4. The molecule has 0 atom stereocenters. The summed E-state index contributed by atoms with van der Waals surface area (Å²) in [5.74, 6) is -4.66. The van der Waals surface area contributed by atoms with Crippen LogP contribution in [0.25, 0.3) is 28.0 Å². The normalized spacial score (nSPS) is 16.5. The highest BCUT2D eigenvalue weighted by atomic mass is 19.2. The van der Waals surface area contributed by atoms with Crippen LogP contribution in [-0.4, -0.2) is 4.98 Å². The molecule has 0 aliphatic heterocycles. The monoisotopic (exact) mass is 434 g/mol. The number of fused-ring (bicyclic) bond motifs is 4. The van der Waals surface area contributed by atoms with E-state index in [9.17, 15) is 24.6 Å². The van der Waals surface area contributed by atoms with Gasteiger partial charge in [-0.15, -0.1) is 0 Å². The molecule has 154 valence electrons. The van der Waals surface area contributed by atoms with Gasteiger partial charge in [0.15, 0.2) is 17.5 Å². The Hall–Kier alpha value is -4.93. The van der Waals surface area contributed by atoms with E-state index in [1.807, 2.05) is 18.2 Å². The largest absolute Gasteiger partial charge is 0.256 e. The number of nitrogens with zero attached hydrogens (tertiary/aromatic N) is 4. The Bertz CT molecular complexity index is 1560. The summed E-state index contributed by atoms with van der Waals surface area (Å²) < 4.78 is 43.5. The van der Waals surface area contributed by atoms with Crippen LogP contribution in [0, 0.1) is 51.4 Å². The number of hydrogen-bond donors (Lipinski definition) is 0. The maximum absolute atomic E-state index is 15.0. The molecule has 2 aromatic carbocycles. The van der Waals surface area contributed by atoms with E-state index in [4.69, 9.17) is 0 Å². The number of halogens is 3. The number of aromatic nitrogens is 1. The van der Waals surface area contributed by atoms with Gasteiger partial charge < -0.3 is 0 Å². The molecule has 1 heterocycles. The van der Waals surface area contributed by atoms with Crippen molar-refractivity contribution < 1.29 is 13.2 Å². The van der Waals surface area contributed by atoms with E-state index in [2.05, 4.69) is 4.98 Å². The molecule has 3 aromatic rings. The summed E-state index contributed by atoms with van der Waals surface area (Å²) >= 11 is 0. The SMILES string of the molecule is N#C/C=C1/C(=C2/c3ccccc3-c3ncccc32)C(=C(C#N)C#N)c2cc(F)c(F)c(F)c21. The molecule has 1 aromatic heterocycles. The lowest BCUT2D eigenvalue weighted by Gasteiger charge is -2.12. The average Bonchev–Trinajstić information content (AvgIpc) is 3.31. The minimum absolute atomic E-state index is 0.0385. The third-order valence-electron chi connectivity index (χ3n) is 5.68. The Morgan fingerprint density at radius 3 is 2.21 bits per heavy atom. The zero-order valence-corrected chi connectivity index (χ0v) is 16.6. The summed E-state index contributed by atoms with van der Waals surface area (Å²) in [4.78, 5) is 4.44. The van der Waals surface area contributed by atoms with E-state index in [1.54, 1.807) is 42.6 Å². The van der Waals surface area contributed by atoms with Gasteiger partial charge in [0.05, 0.1) is 11.8 Å². The number of nitriles is 3. The van der Waals surface area contributed by atoms with Crippen molar-refractivity contribution >= 4 is 16.7 Å². The third-order valence-corrected chi connectivity index (χ3v) is 5.68. The fourth-order valence-corrected chi connectivity index (χ4v) is 4.46. The summed E-state index contributed by atoms with van der Waals surface area (Å²) in [6, 6.07) is 16.8. The minimum Gasteiger partial charge on any atom is -0.256 e. The number of benzene rings is 2. The lowest BCUT2D eigenvalue weighted by Crippen LogP contribution is -1.97. The molecule has 5 rings (SSSR count). The highest BCUT2D eigenvalue weighted by molar-refractivity contribution is 6.20. The van der Waals surface area contributed by atoms with E-state index in [0.717, 1.165) is 17.7 Å². The predicted molar refractivity (Wildman–Crippen MR) is 114 cm³/mol. The van der Waals surface area contributed by atoms with Gasteiger partial charge in [0.1, 0.15) is 17.7 Å². The zero-order chi connectivity index (χ0) is 23.3. The van der Waals surface area contributed by atoms with Gasteiger partial charge in [-0.25, -0.2) is 13.2 Å². The molecular weight excluding hydrogens is 425 g/mol. The van der Waals surface area contributed by atoms with Crippen LogP contribution < -0.4 is 0 Å². The Balaban J connectivity index is 2.06. The standard InChI is InChI=1S/C26H9F3N4/c27-19-10-18-20(13(11-31)12-32)23(16(7-8-30)22(18)25(29)24(19)28)21-14-4-1-2-5-15(14)26-17(21)6-3-9-33-26/h1-7,9-10H/b16-7+,23-21+. The predicted octanol–water partition coefficient (Wildman–Crippen LogP) is 5.70. The van der Waals surface area contributed by atoms with Gasteiger partial charge in [-0.3, -0.25) is 4.98 Å². The van der Waals surface area contributed by atoms with Crippen molar-refractivity contribution in [2.75, 3.05) is 0 Å². The Kier molecular flexibility index (Phi) is 4.45. The molecular formula is C26H9F3N4. The second-order valence-corrected chi connectivity index (χ2v) is 7.26. The molecule has 0 radical (unpaired) electrons. The summed E-state index contributed by atoms with van der Waals surface area (Å²) in [5.41, 5.74) is 2.29. The number of rotatable bonds is 0. The average molecular weight is 434 g/mol. The lowest BCUT2D eigenvalue weighted by molar-refractivity contribution is 0.445. The second-order valence-electron chi connectivity index (χ2n) is 7.26. The first-order valence-corrected chi connectivity index (χ1v) is 9.66. The molecule has 0 fully saturated rings. The first kappa shape index (κ1) is 20.0. The molecule has 0 bridgehead atoms. The van der Waals surface area contributed by atoms with Crippen LogP contribution in [-0.2, 0) is 0 Å². The highest BCUT2D eigenvalue weighted by Gasteiger charge is 2.39. The van der Waals surface area contributed by atoms with Gasteiger partial charge in [-0.1, -0.05) is 30.3 Å². The van der Waals surface area contributed by atoms with Crippen LogP contribution in [0.3, 0.4) is 0 Å². The molecule has 0 amide bonds. The number of pyridine rings is 1. The van der Waals surface area contributed by atoms with Gasteiger partial charge >= 0.3 is 0 Å². The van der Waals surface area contributed by atoms with Crippen LogP contribution in [0.5, 0.6) is 0 Å². The van der Waals surface area contributed by atoms with Gasteiger partial charge in [0.2, 0.25) is 0 Å². The van der Waals surface area contributed by atoms with Gasteiger partial charge in [-0.05, 0) is 23.3 Å². The molecule has 33 heavy (non-hydrogen) atoms. The maximum Gasteiger partial charge on any atom is 0.195 e. The van der Waals surface area contributed by atoms with Gasteiger partial charge in [0.25, 0.3) is 0 Å². The molecule has 2 aliphatic rings. The second kappa shape index (κ2) is 7.34. The summed E-state index contributed by atoms with van der Waals surface area (Å²) in [6.45, 7) is 0. The van der Waals surface area contributed by atoms with Crippen molar-refractivity contribution in [3.63, 3.8) is 0 Å². The van der Waals surface area contributed by atoms with Crippen molar-refractivity contribution in [1.29, 1.82) is 15.8 Å². The van der Waals surface area contributed by atoms with E-state index in [0.29, 0.717) is 22.4 Å². The first-order chi connectivity index (χ1) is 16.0. The van der Waals surface area contributed by atoms with Crippen molar-refractivity contribution in [3.05, 3.63) is 106 Å². The van der Waals surface area contributed by atoms with Crippen LogP contribution >= 0.6 is 0 Å². The molecule has 7 heteroatoms. The zero-order valence-electron chi connectivity index (χ0n) is 16.6. The Morgan fingerprint density at radius 2 is 1.52 bits per heavy atom. The summed E-state index contributed by atoms with van der Waals surface area (Å²) in [6.07, 6.45) is 2.62. The number of allylic oxidation sites excluding steroid dienone is 5. The van der Waals surface area contributed by atoms with Crippen molar-refractivity contribution in [2.24, 2.45) is 0 Å². The fourth-order valence-electron chi connectivity index (χ4n) is 4.46. The van der Waals surface area contributed by atoms with E-state index >= 15 is 4.39 Å². The van der Waals surface area contributed by atoms with E-state index in [-0.39, 0.29) is 27.8 Å². The van der Waals surface area contributed by atoms with Gasteiger partial charge in [0, 0.05) is 51.3 Å². The maximum atomic E-state index is 15.0. The molecule has 0 N–H and O–H groups in total. The molecule has 0 saturated carbocycles.